The van der Waals surface area contributed by atoms with Crippen LogP contribution in [0.1, 0.15) is 5.56 Å². The summed E-state index contributed by atoms with van der Waals surface area (Å²) in [6, 6.07) is 2.48. The van der Waals surface area contributed by atoms with Crippen LogP contribution in [0.4, 0.5) is 27.8 Å². The lowest BCUT2D eigenvalue weighted by molar-refractivity contribution is -0.137. The van der Waals surface area contributed by atoms with Crippen LogP contribution in [0.25, 0.3) is 22.0 Å². The summed E-state index contributed by atoms with van der Waals surface area (Å²) in [7, 11) is -2.90. The standard InChI is InChI=1S/C23H21F5N4O3S2/c24-11-1-2-12(15(25)7-11)18-14(23(26,27)28)8-13-19-20(18)36-6-5-32(19)22(33)30-21(13)31-4-3-29-16-9-37(34,35)10-17(16)31/h1-2,7-8,16-17,29,34-35H,3-6,9-10H2. The molecule has 0 saturated carbocycles. The maximum atomic E-state index is 14.9. The summed E-state index contributed by atoms with van der Waals surface area (Å²) < 4.78 is 93.9. The minimum Gasteiger partial charge on any atom is -0.348 e. The molecule has 198 valence electrons. The fraction of sp³-hybridized carbons (Fsp3) is 0.391. The molecule has 0 amide bonds. The van der Waals surface area contributed by atoms with Gasteiger partial charge >= 0.3 is 11.9 Å². The Hall–Kier alpha value is -2.39. The molecule has 0 radical (unpaired) electrons. The molecule has 0 spiro atoms. The van der Waals surface area contributed by atoms with Crippen molar-refractivity contribution in [1.29, 1.82) is 0 Å². The number of benzene rings is 2. The minimum atomic E-state index is -4.90. The fourth-order valence-corrected chi connectivity index (χ4v) is 8.75. The van der Waals surface area contributed by atoms with Crippen LogP contribution < -0.4 is 15.9 Å². The van der Waals surface area contributed by atoms with Gasteiger partial charge in [0.15, 0.2) is 0 Å². The van der Waals surface area contributed by atoms with Crippen LogP contribution in [0.5, 0.6) is 0 Å². The number of fused-ring (bicyclic) bond motifs is 1. The van der Waals surface area contributed by atoms with Gasteiger partial charge in [0.05, 0.1) is 28.6 Å². The molecule has 37 heavy (non-hydrogen) atoms. The second kappa shape index (κ2) is 8.56. The first-order valence-corrected chi connectivity index (χ1v) is 14.3. The lowest BCUT2D eigenvalue weighted by atomic mass is 9.95. The number of aromatic nitrogens is 2. The van der Waals surface area contributed by atoms with E-state index in [0.717, 1.165) is 30.0 Å². The lowest BCUT2D eigenvalue weighted by Crippen LogP contribution is -2.58. The van der Waals surface area contributed by atoms with Crippen molar-refractivity contribution in [3.05, 3.63) is 51.9 Å². The second-order valence-electron chi connectivity index (χ2n) is 9.32. The monoisotopic (exact) mass is 560 g/mol. The molecule has 6 rings (SSSR count). The van der Waals surface area contributed by atoms with Gasteiger partial charge in [-0.05, 0) is 18.2 Å². The summed E-state index contributed by atoms with van der Waals surface area (Å²) in [4.78, 5) is 19.1. The Balaban J connectivity index is 1.67. The molecule has 2 atom stereocenters. The maximum absolute atomic E-state index is 14.9. The zero-order chi connectivity index (χ0) is 26.3. The molecule has 2 unspecified atom stereocenters. The van der Waals surface area contributed by atoms with E-state index in [4.69, 9.17) is 0 Å². The summed E-state index contributed by atoms with van der Waals surface area (Å²) in [6.07, 6.45) is -4.90. The van der Waals surface area contributed by atoms with Gasteiger partial charge in [0, 0.05) is 58.9 Å². The molecule has 2 saturated heterocycles. The van der Waals surface area contributed by atoms with Crippen LogP contribution in [-0.4, -0.2) is 61.1 Å². The third kappa shape index (κ3) is 4.09. The van der Waals surface area contributed by atoms with Crippen molar-refractivity contribution < 1.29 is 31.1 Å². The molecule has 3 aliphatic heterocycles. The number of hydrogen-bond donors (Lipinski definition) is 3. The molecule has 2 aromatic carbocycles. The highest BCUT2D eigenvalue weighted by molar-refractivity contribution is 8.24. The van der Waals surface area contributed by atoms with E-state index in [9.17, 15) is 35.9 Å². The third-order valence-corrected chi connectivity index (χ3v) is 9.89. The number of halogens is 5. The second-order valence-corrected chi connectivity index (χ2v) is 12.7. The Morgan fingerprint density at radius 2 is 1.92 bits per heavy atom. The van der Waals surface area contributed by atoms with Crippen molar-refractivity contribution in [3.63, 3.8) is 0 Å². The fourth-order valence-electron chi connectivity index (χ4n) is 5.54. The zero-order valence-corrected chi connectivity index (χ0v) is 20.7. The first-order chi connectivity index (χ1) is 17.4. The number of rotatable bonds is 2. The first kappa shape index (κ1) is 24.9. The van der Waals surface area contributed by atoms with Gasteiger partial charge in [0.2, 0.25) is 0 Å². The van der Waals surface area contributed by atoms with E-state index in [0.29, 0.717) is 19.2 Å². The Kier molecular flexibility index (Phi) is 5.77. The molecular weight excluding hydrogens is 539 g/mol. The minimum absolute atomic E-state index is 0.00351. The van der Waals surface area contributed by atoms with Gasteiger partial charge in [0.25, 0.3) is 0 Å². The number of nitrogens with one attached hydrogen (secondary N) is 1. The predicted octanol–water partition coefficient (Wildman–Crippen LogP) is 4.38. The average Bonchev–Trinajstić information content (AvgIpc) is 3.14. The lowest BCUT2D eigenvalue weighted by Gasteiger charge is -2.39. The van der Waals surface area contributed by atoms with Gasteiger partial charge in [-0.15, -0.1) is 11.8 Å². The predicted molar refractivity (Wildman–Crippen MR) is 133 cm³/mol. The van der Waals surface area contributed by atoms with E-state index < -0.39 is 56.8 Å². The zero-order valence-electron chi connectivity index (χ0n) is 19.1. The van der Waals surface area contributed by atoms with E-state index in [-0.39, 0.29) is 51.5 Å². The molecule has 0 aliphatic carbocycles. The van der Waals surface area contributed by atoms with Crippen molar-refractivity contribution in [2.45, 2.75) is 29.7 Å². The summed E-state index contributed by atoms with van der Waals surface area (Å²) in [5.41, 5.74) is -2.43. The molecule has 1 aromatic heterocycles. The highest BCUT2D eigenvalue weighted by atomic mass is 32.3. The van der Waals surface area contributed by atoms with Crippen molar-refractivity contribution in [2.24, 2.45) is 0 Å². The van der Waals surface area contributed by atoms with Crippen LogP contribution in [-0.2, 0) is 12.7 Å². The molecule has 7 nitrogen and oxygen atoms in total. The van der Waals surface area contributed by atoms with Crippen LogP contribution in [0, 0.1) is 11.6 Å². The SMILES string of the molecule is O=c1nc(N2CCNC3CS(O)(O)CC32)c2cc(C(F)(F)F)c(-c3ccc(F)cc3F)c3c2n1CCS3. The van der Waals surface area contributed by atoms with Gasteiger partial charge in [-0.2, -0.15) is 28.7 Å². The Labute approximate surface area is 213 Å². The molecule has 14 heteroatoms. The molecular formula is C23H21F5N4O3S2. The summed E-state index contributed by atoms with van der Waals surface area (Å²) in [5, 5.41) is 3.29. The van der Waals surface area contributed by atoms with Crippen molar-refractivity contribution in [1.82, 2.24) is 14.9 Å². The molecule has 3 aromatic rings. The van der Waals surface area contributed by atoms with Gasteiger partial charge in [-0.1, -0.05) is 0 Å². The summed E-state index contributed by atoms with van der Waals surface area (Å²) in [6.45, 7) is 0.904. The quantitative estimate of drug-likeness (QED) is 0.401. The third-order valence-electron chi connectivity index (χ3n) is 7.05. The average molecular weight is 561 g/mol. The molecule has 3 N–H and O–H groups in total. The smallest absolute Gasteiger partial charge is 0.348 e. The largest absolute Gasteiger partial charge is 0.417 e. The summed E-state index contributed by atoms with van der Waals surface area (Å²) in [5.74, 6) is -1.66. The van der Waals surface area contributed by atoms with E-state index in [1.54, 1.807) is 4.90 Å². The van der Waals surface area contributed by atoms with Crippen molar-refractivity contribution >= 4 is 39.1 Å². The van der Waals surface area contributed by atoms with Crippen LogP contribution in [0.15, 0.2) is 34.0 Å². The molecule has 3 aliphatic rings. The molecule has 0 bridgehead atoms. The molecule has 4 heterocycles. The Bertz CT molecular complexity index is 1500. The maximum Gasteiger partial charge on any atom is 0.417 e. The highest BCUT2D eigenvalue weighted by Gasteiger charge is 2.45. The normalized spacial score (nSPS) is 23.8. The number of alkyl halides is 3. The van der Waals surface area contributed by atoms with Gasteiger partial charge in [-0.3, -0.25) is 13.7 Å². The van der Waals surface area contributed by atoms with E-state index in [2.05, 4.69) is 10.3 Å². The van der Waals surface area contributed by atoms with E-state index in [1.807, 2.05) is 0 Å². The van der Waals surface area contributed by atoms with Crippen LogP contribution in [0.2, 0.25) is 0 Å². The highest BCUT2D eigenvalue weighted by Crippen LogP contribution is 2.51. The number of nitrogens with zero attached hydrogens (tertiary/aromatic N) is 3. The number of thioether (sulfide) groups is 1. The van der Waals surface area contributed by atoms with E-state index in [1.165, 1.54) is 4.57 Å². The molecule has 2 fully saturated rings. The van der Waals surface area contributed by atoms with Gasteiger partial charge in [-0.25, -0.2) is 13.6 Å². The summed E-state index contributed by atoms with van der Waals surface area (Å²) >= 11 is 1.07. The van der Waals surface area contributed by atoms with Crippen LogP contribution in [0.3, 0.4) is 0 Å². The Morgan fingerprint density at radius 1 is 1.14 bits per heavy atom. The van der Waals surface area contributed by atoms with Gasteiger partial charge in [0.1, 0.15) is 17.5 Å². The van der Waals surface area contributed by atoms with E-state index >= 15 is 0 Å². The number of hydrogen-bond acceptors (Lipinski definition) is 7. The number of anilines is 1. The number of aryl methyl sites for hydroxylation is 1. The topological polar surface area (TPSA) is 90.6 Å². The number of piperazine rings is 1. The van der Waals surface area contributed by atoms with Crippen LogP contribution >= 0.6 is 22.4 Å². The Morgan fingerprint density at radius 3 is 2.65 bits per heavy atom. The van der Waals surface area contributed by atoms with Crippen molar-refractivity contribution in [2.75, 3.05) is 35.2 Å². The van der Waals surface area contributed by atoms with Gasteiger partial charge < -0.3 is 10.2 Å². The van der Waals surface area contributed by atoms with Crippen molar-refractivity contribution in [3.8, 4) is 11.1 Å². The first-order valence-electron chi connectivity index (χ1n) is 11.5.